The smallest absolute Gasteiger partial charge is 0.406 e. The third-order valence-electron chi connectivity index (χ3n) is 4.28. The highest BCUT2D eigenvalue weighted by Crippen LogP contribution is 2.24. The molecule has 2 aromatic heterocycles. The van der Waals surface area contributed by atoms with E-state index in [-0.39, 0.29) is 5.75 Å². The van der Waals surface area contributed by atoms with Crippen LogP contribution in [0.4, 0.5) is 19.0 Å². The van der Waals surface area contributed by atoms with Crippen molar-refractivity contribution in [1.82, 2.24) is 25.2 Å². The van der Waals surface area contributed by atoms with Crippen molar-refractivity contribution in [1.29, 1.82) is 0 Å². The zero-order valence-electron chi connectivity index (χ0n) is 17.3. The lowest BCUT2D eigenvalue weighted by Gasteiger charge is -2.09. The first kappa shape index (κ1) is 22.9. The van der Waals surface area contributed by atoms with Crippen LogP contribution in [0.3, 0.4) is 0 Å². The molecule has 0 spiro atoms. The van der Waals surface area contributed by atoms with Crippen LogP contribution in [-0.2, 0) is 0 Å². The Morgan fingerprint density at radius 2 is 1.76 bits per heavy atom. The summed E-state index contributed by atoms with van der Waals surface area (Å²) in [5, 5.41) is 11.7. The Kier molecular flexibility index (Phi) is 6.78. The number of rotatable bonds is 6. The standard InChI is InChI=1S/C22H16F3N7OS/c23-22(24,25)33-18-10-8-17(9-11-18)32-14-27-20(31-32)16-6-4-15(5-7-16)13-28-30-21(34)29-19-3-1-2-12-26-19/h1-14H,(H2,26,29,30,34). The molecular weight excluding hydrogens is 467 g/mol. The van der Waals surface area contributed by atoms with Crippen molar-refractivity contribution in [3.63, 3.8) is 0 Å². The molecule has 2 heterocycles. The SMILES string of the molecule is FC(F)(F)Oc1ccc(-n2cnc(-c3ccc(C=NNC(=S)Nc4ccccn4)cc3)n2)cc1. The summed E-state index contributed by atoms with van der Waals surface area (Å²) in [5.41, 5.74) is 4.83. The van der Waals surface area contributed by atoms with Gasteiger partial charge in [-0.3, -0.25) is 5.43 Å². The molecule has 0 fully saturated rings. The van der Waals surface area contributed by atoms with Gasteiger partial charge in [-0.1, -0.05) is 30.3 Å². The Hall–Kier alpha value is -4.32. The van der Waals surface area contributed by atoms with Crippen molar-refractivity contribution in [2.45, 2.75) is 6.36 Å². The minimum absolute atomic E-state index is 0.305. The Bertz CT molecular complexity index is 1270. The molecule has 4 rings (SSSR count). The molecule has 4 aromatic rings. The van der Waals surface area contributed by atoms with E-state index in [2.05, 4.69) is 35.6 Å². The summed E-state index contributed by atoms with van der Waals surface area (Å²) in [6.45, 7) is 0. The zero-order chi connectivity index (χ0) is 24.0. The van der Waals surface area contributed by atoms with Gasteiger partial charge >= 0.3 is 6.36 Å². The number of aromatic nitrogens is 4. The minimum atomic E-state index is -4.74. The van der Waals surface area contributed by atoms with E-state index in [1.54, 1.807) is 24.5 Å². The number of benzene rings is 2. The van der Waals surface area contributed by atoms with E-state index in [0.29, 0.717) is 22.4 Å². The molecule has 0 aliphatic rings. The van der Waals surface area contributed by atoms with Gasteiger partial charge < -0.3 is 10.1 Å². The summed E-state index contributed by atoms with van der Waals surface area (Å²) in [5.74, 6) is 0.756. The maximum absolute atomic E-state index is 12.3. The highest BCUT2D eigenvalue weighted by molar-refractivity contribution is 7.80. The van der Waals surface area contributed by atoms with Gasteiger partial charge in [0.1, 0.15) is 17.9 Å². The van der Waals surface area contributed by atoms with Gasteiger partial charge in [0.15, 0.2) is 10.9 Å². The molecular formula is C22H16F3N7OS. The Morgan fingerprint density at radius 1 is 1.00 bits per heavy atom. The predicted octanol–water partition coefficient (Wildman–Crippen LogP) is 4.55. The van der Waals surface area contributed by atoms with Crippen LogP contribution in [0.5, 0.6) is 5.75 Å². The second-order valence-electron chi connectivity index (χ2n) is 6.72. The maximum atomic E-state index is 12.3. The van der Waals surface area contributed by atoms with Crippen LogP contribution in [0.1, 0.15) is 5.56 Å². The Balaban J connectivity index is 1.35. The number of halogens is 3. The van der Waals surface area contributed by atoms with E-state index >= 15 is 0 Å². The normalized spacial score (nSPS) is 11.4. The van der Waals surface area contributed by atoms with Gasteiger partial charge in [0.25, 0.3) is 0 Å². The van der Waals surface area contributed by atoms with Gasteiger partial charge in [0.05, 0.1) is 11.9 Å². The molecule has 2 aromatic carbocycles. The van der Waals surface area contributed by atoms with Crippen LogP contribution in [0.25, 0.3) is 17.1 Å². The number of anilines is 1. The molecule has 172 valence electrons. The largest absolute Gasteiger partial charge is 0.573 e. The fraction of sp³-hybridized carbons (Fsp3) is 0.0455. The van der Waals surface area contributed by atoms with Crippen LogP contribution in [-0.4, -0.2) is 37.4 Å². The van der Waals surface area contributed by atoms with Crippen molar-refractivity contribution in [2.24, 2.45) is 5.10 Å². The van der Waals surface area contributed by atoms with Gasteiger partial charge in [0.2, 0.25) is 0 Å². The molecule has 0 aliphatic heterocycles. The number of nitrogens with one attached hydrogen (secondary N) is 2. The molecule has 12 heteroatoms. The van der Waals surface area contributed by atoms with Gasteiger partial charge in [-0.25, -0.2) is 14.6 Å². The molecule has 0 saturated heterocycles. The Labute approximate surface area is 197 Å². The van der Waals surface area contributed by atoms with E-state index in [4.69, 9.17) is 12.2 Å². The predicted molar refractivity (Wildman–Crippen MR) is 125 cm³/mol. The fourth-order valence-corrected chi connectivity index (χ4v) is 2.94. The van der Waals surface area contributed by atoms with Crippen molar-refractivity contribution in [2.75, 3.05) is 5.32 Å². The van der Waals surface area contributed by atoms with E-state index in [1.165, 1.54) is 35.3 Å². The van der Waals surface area contributed by atoms with Gasteiger partial charge in [-0.05, 0) is 54.2 Å². The second-order valence-corrected chi connectivity index (χ2v) is 7.12. The topological polar surface area (TPSA) is 89.2 Å². The summed E-state index contributed by atoms with van der Waals surface area (Å²) in [6, 6.07) is 18.1. The molecule has 0 saturated carbocycles. The van der Waals surface area contributed by atoms with Gasteiger partial charge in [0, 0.05) is 11.8 Å². The molecule has 0 radical (unpaired) electrons. The quantitative estimate of drug-likeness (QED) is 0.236. The highest BCUT2D eigenvalue weighted by Gasteiger charge is 2.31. The van der Waals surface area contributed by atoms with Crippen LogP contribution < -0.4 is 15.5 Å². The number of nitrogens with zero attached hydrogens (tertiary/aromatic N) is 5. The average molecular weight is 483 g/mol. The molecule has 2 N–H and O–H groups in total. The number of hydrogen-bond donors (Lipinski definition) is 2. The van der Waals surface area contributed by atoms with Gasteiger partial charge in [-0.15, -0.1) is 18.3 Å². The highest BCUT2D eigenvalue weighted by atomic mass is 32.1. The third kappa shape index (κ3) is 6.36. The molecule has 8 nitrogen and oxygen atoms in total. The monoisotopic (exact) mass is 483 g/mol. The van der Waals surface area contributed by atoms with Crippen LogP contribution in [0, 0.1) is 0 Å². The lowest BCUT2D eigenvalue weighted by Crippen LogP contribution is -2.24. The number of pyridine rings is 1. The zero-order valence-corrected chi connectivity index (χ0v) is 18.1. The van der Waals surface area contributed by atoms with Gasteiger partial charge in [-0.2, -0.15) is 5.10 Å². The molecule has 0 unspecified atom stereocenters. The van der Waals surface area contributed by atoms with E-state index in [0.717, 1.165) is 11.1 Å². The molecule has 0 aliphatic carbocycles. The first-order valence-corrected chi connectivity index (χ1v) is 10.2. The number of hydrazone groups is 1. The number of alkyl halides is 3. The van der Waals surface area contributed by atoms with Crippen LogP contribution in [0.15, 0.2) is 84.4 Å². The first-order valence-electron chi connectivity index (χ1n) is 9.75. The molecule has 0 amide bonds. The second kappa shape index (κ2) is 10.1. The maximum Gasteiger partial charge on any atom is 0.573 e. The van der Waals surface area contributed by atoms with E-state index in [9.17, 15) is 13.2 Å². The van der Waals surface area contributed by atoms with Crippen molar-refractivity contribution in [3.8, 4) is 22.8 Å². The number of thiocarbonyl (C=S) groups is 1. The lowest BCUT2D eigenvalue weighted by molar-refractivity contribution is -0.274. The minimum Gasteiger partial charge on any atom is -0.406 e. The molecule has 0 atom stereocenters. The number of hydrogen-bond acceptors (Lipinski definition) is 6. The summed E-state index contributed by atoms with van der Waals surface area (Å²) in [6.07, 6.45) is -0.00914. The Morgan fingerprint density at radius 3 is 2.44 bits per heavy atom. The third-order valence-corrected chi connectivity index (χ3v) is 4.48. The van der Waals surface area contributed by atoms with E-state index in [1.807, 2.05) is 30.3 Å². The lowest BCUT2D eigenvalue weighted by atomic mass is 10.1. The van der Waals surface area contributed by atoms with Crippen molar-refractivity contribution >= 4 is 29.4 Å². The average Bonchev–Trinajstić information content (AvgIpc) is 3.30. The van der Waals surface area contributed by atoms with Crippen LogP contribution >= 0.6 is 12.2 Å². The number of ether oxygens (including phenoxy) is 1. The van der Waals surface area contributed by atoms with Crippen molar-refractivity contribution in [3.05, 3.63) is 84.8 Å². The molecule has 0 bridgehead atoms. The fourth-order valence-electron chi connectivity index (χ4n) is 2.78. The van der Waals surface area contributed by atoms with Crippen LogP contribution in [0.2, 0.25) is 0 Å². The summed E-state index contributed by atoms with van der Waals surface area (Å²) in [7, 11) is 0. The summed E-state index contributed by atoms with van der Waals surface area (Å²) < 4.78 is 42.2. The van der Waals surface area contributed by atoms with E-state index < -0.39 is 6.36 Å². The van der Waals surface area contributed by atoms with Crippen molar-refractivity contribution < 1.29 is 17.9 Å². The first-order chi connectivity index (χ1) is 16.4. The molecule has 34 heavy (non-hydrogen) atoms. The summed E-state index contributed by atoms with van der Waals surface area (Å²) >= 11 is 5.16. The summed E-state index contributed by atoms with van der Waals surface area (Å²) in [4.78, 5) is 8.37.